The summed E-state index contributed by atoms with van der Waals surface area (Å²) >= 11 is 0.880. The zero-order chi connectivity index (χ0) is 27.0. The van der Waals surface area contributed by atoms with Crippen LogP contribution in [0.25, 0.3) is 10.6 Å². The predicted octanol–water partition coefficient (Wildman–Crippen LogP) is 5.60. The molecule has 0 saturated carbocycles. The molecule has 0 spiro atoms. The van der Waals surface area contributed by atoms with Crippen LogP contribution in [0.3, 0.4) is 0 Å². The summed E-state index contributed by atoms with van der Waals surface area (Å²) in [6, 6.07) is 5.64. The lowest BCUT2D eigenvalue weighted by atomic mass is 9.99. The van der Waals surface area contributed by atoms with E-state index < -0.39 is 51.1 Å². The van der Waals surface area contributed by atoms with Gasteiger partial charge in [-0.2, -0.15) is 22.0 Å². The van der Waals surface area contributed by atoms with Crippen LogP contribution in [0.4, 0.5) is 22.0 Å². The Kier molecular flexibility index (Phi) is 7.88. The molecule has 2 aromatic heterocycles. The maximum absolute atomic E-state index is 13.7. The number of hydrogen-bond acceptors (Lipinski definition) is 7. The van der Waals surface area contributed by atoms with Crippen molar-refractivity contribution < 1.29 is 44.6 Å². The first kappa shape index (κ1) is 28.5. The number of carbonyl (C=O) groups is 1. The average Bonchev–Trinajstić information content (AvgIpc) is 3.28. The van der Waals surface area contributed by atoms with Gasteiger partial charge in [-0.15, -0.1) is 11.3 Å². The number of halogens is 5. The highest BCUT2D eigenvalue weighted by atomic mass is 32.2. The fourth-order valence-electron chi connectivity index (χ4n) is 3.61. The molecule has 0 bridgehead atoms. The van der Waals surface area contributed by atoms with E-state index in [4.69, 9.17) is 9.47 Å². The Morgan fingerprint density at radius 2 is 1.72 bits per heavy atom. The molecule has 0 aromatic carbocycles. The van der Waals surface area contributed by atoms with E-state index in [1.54, 1.807) is 20.8 Å². The highest BCUT2D eigenvalue weighted by Crippen LogP contribution is 2.42. The van der Waals surface area contributed by atoms with Gasteiger partial charge in [0.15, 0.2) is 4.75 Å². The Balaban J connectivity index is 1.83. The topological polar surface area (TPSA) is 82.6 Å². The Morgan fingerprint density at radius 1 is 1.08 bits per heavy atom. The van der Waals surface area contributed by atoms with Crippen LogP contribution >= 0.6 is 11.3 Å². The third kappa shape index (κ3) is 5.88. The molecule has 3 rings (SSSR count). The normalized spacial score (nSPS) is 17.1. The largest absolute Gasteiger partial charge is 0.459 e. The lowest BCUT2D eigenvalue weighted by Crippen LogP contribution is -2.52. The van der Waals surface area contributed by atoms with Gasteiger partial charge in [0.25, 0.3) is 0 Å². The van der Waals surface area contributed by atoms with Crippen molar-refractivity contribution in [1.82, 2.24) is 4.98 Å². The predicted molar refractivity (Wildman–Crippen MR) is 123 cm³/mol. The van der Waals surface area contributed by atoms with Crippen molar-refractivity contribution in [3.8, 4) is 10.6 Å². The van der Waals surface area contributed by atoms with Crippen LogP contribution < -0.4 is 0 Å². The molecule has 0 amide bonds. The van der Waals surface area contributed by atoms with Crippen molar-refractivity contribution >= 4 is 27.1 Å². The number of nitrogens with zero attached hydrogens (tertiary/aromatic N) is 1. The lowest BCUT2D eigenvalue weighted by Gasteiger charge is -2.36. The van der Waals surface area contributed by atoms with Gasteiger partial charge in [0.1, 0.15) is 9.81 Å². The molecule has 0 aliphatic carbocycles. The van der Waals surface area contributed by atoms with E-state index in [0.29, 0.717) is 10.6 Å². The van der Waals surface area contributed by atoms with Crippen molar-refractivity contribution in [1.29, 1.82) is 0 Å². The van der Waals surface area contributed by atoms with Crippen LogP contribution in [0.15, 0.2) is 34.7 Å². The highest BCUT2D eigenvalue weighted by Gasteiger charge is 2.57. The minimum Gasteiger partial charge on any atom is -0.459 e. The van der Waals surface area contributed by atoms with E-state index in [-0.39, 0.29) is 35.8 Å². The van der Waals surface area contributed by atoms with E-state index in [2.05, 4.69) is 4.98 Å². The maximum Gasteiger partial charge on any atom is 0.453 e. The van der Waals surface area contributed by atoms with Crippen molar-refractivity contribution in [2.45, 2.75) is 73.1 Å². The Morgan fingerprint density at radius 3 is 2.25 bits per heavy atom. The summed E-state index contributed by atoms with van der Waals surface area (Å²) in [5.74, 6) is -5.65. The van der Waals surface area contributed by atoms with Crippen molar-refractivity contribution in [3.05, 3.63) is 36.0 Å². The minimum absolute atomic E-state index is 0.0625. The minimum atomic E-state index is -5.62. The fraction of sp³-hybridized carbons (Fsp3) is 0.565. The van der Waals surface area contributed by atoms with Gasteiger partial charge >= 0.3 is 18.1 Å². The molecule has 0 unspecified atom stereocenters. The SMILES string of the molecule is CC(C)(C)OC(=O)C1(S(=O)(=O)c2ccc(-c3ccc(CCC(F)(F)C(F)(F)F)cn3)s2)CCOCC1. The molecule has 1 saturated heterocycles. The molecule has 6 nitrogen and oxygen atoms in total. The second kappa shape index (κ2) is 9.97. The summed E-state index contributed by atoms with van der Waals surface area (Å²) in [6.07, 6.45) is -6.52. The summed E-state index contributed by atoms with van der Waals surface area (Å²) in [7, 11) is -4.18. The number of thiophene rings is 1. The van der Waals surface area contributed by atoms with Crippen molar-refractivity contribution in [2.75, 3.05) is 13.2 Å². The Bertz CT molecular complexity index is 1180. The molecule has 0 atom stereocenters. The van der Waals surface area contributed by atoms with Gasteiger partial charge < -0.3 is 9.47 Å². The van der Waals surface area contributed by atoms with Crippen molar-refractivity contribution in [2.24, 2.45) is 0 Å². The first-order valence-corrected chi connectivity index (χ1v) is 13.3. The summed E-state index contributed by atoms with van der Waals surface area (Å²) in [5, 5.41) is 0. The van der Waals surface area contributed by atoms with E-state index in [0.717, 1.165) is 11.3 Å². The summed E-state index contributed by atoms with van der Waals surface area (Å²) in [6.45, 7) is 5.09. The highest BCUT2D eigenvalue weighted by molar-refractivity contribution is 7.95. The third-order valence-corrected chi connectivity index (χ3v) is 9.73. The van der Waals surface area contributed by atoms with Crippen LogP contribution in [0.1, 0.15) is 45.6 Å². The number of sulfone groups is 1. The maximum atomic E-state index is 13.7. The zero-order valence-electron chi connectivity index (χ0n) is 19.8. The second-order valence-electron chi connectivity index (χ2n) is 9.48. The summed E-state index contributed by atoms with van der Waals surface area (Å²) in [4.78, 5) is 17.6. The van der Waals surface area contributed by atoms with Crippen LogP contribution in [0, 0.1) is 0 Å². The Hall–Kier alpha value is -2.12. The number of hydrogen-bond donors (Lipinski definition) is 0. The van der Waals surface area contributed by atoms with Gasteiger partial charge in [-0.25, -0.2) is 8.42 Å². The van der Waals surface area contributed by atoms with E-state index in [1.165, 1.54) is 30.5 Å². The summed E-state index contributed by atoms with van der Waals surface area (Å²) in [5.41, 5.74) is -0.405. The first-order chi connectivity index (χ1) is 16.5. The molecular weight excluding hydrogens is 529 g/mol. The van der Waals surface area contributed by atoms with Crippen LogP contribution in [-0.2, 0) is 30.5 Å². The van der Waals surface area contributed by atoms with Gasteiger partial charge in [-0.3, -0.25) is 9.78 Å². The molecule has 36 heavy (non-hydrogen) atoms. The molecule has 1 aliphatic heterocycles. The zero-order valence-corrected chi connectivity index (χ0v) is 21.5. The molecule has 2 aromatic rings. The molecule has 1 fully saturated rings. The Labute approximate surface area is 209 Å². The molecule has 3 heterocycles. The molecule has 200 valence electrons. The number of pyridine rings is 1. The first-order valence-electron chi connectivity index (χ1n) is 11.0. The smallest absolute Gasteiger partial charge is 0.453 e. The molecule has 13 heteroatoms. The number of aryl methyl sites for hydroxylation is 1. The van der Waals surface area contributed by atoms with E-state index in [1.807, 2.05) is 0 Å². The molecular formula is C23H26F5NO5S2. The average molecular weight is 556 g/mol. The van der Waals surface area contributed by atoms with E-state index in [9.17, 15) is 35.2 Å². The van der Waals surface area contributed by atoms with Gasteiger partial charge in [-0.05, 0) is 51.0 Å². The third-order valence-electron chi connectivity index (χ3n) is 5.65. The summed E-state index contributed by atoms with van der Waals surface area (Å²) < 4.78 is 99.6. The standard InChI is InChI=1S/C23H26F5NO5S2/c1-20(2,3)34-19(30)21(10-12-33-13-11-21)36(31,32)18-7-6-17(35-18)16-5-4-15(14-29-16)8-9-22(24,25)23(26,27)28/h4-7,14H,8-13H2,1-3H3. The number of alkyl halides is 5. The molecule has 1 aliphatic rings. The fourth-order valence-corrected chi connectivity index (χ4v) is 7.11. The second-order valence-corrected chi connectivity index (χ2v) is 13.1. The monoisotopic (exact) mass is 555 g/mol. The molecule has 0 radical (unpaired) electrons. The van der Waals surface area contributed by atoms with Gasteiger partial charge in [0.2, 0.25) is 9.84 Å². The number of esters is 1. The van der Waals surface area contributed by atoms with Gasteiger partial charge in [0.05, 0.1) is 10.6 Å². The van der Waals surface area contributed by atoms with Crippen LogP contribution in [-0.4, -0.2) is 55.0 Å². The quantitative estimate of drug-likeness (QED) is 0.327. The van der Waals surface area contributed by atoms with Gasteiger partial charge in [-0.1, -0.05) is 6.07 Å². The van der Waals surface area contributed by atoms with Crippen LogP contribution in [0.5, 0.6) is 0 Å². The number of rotatable bonds is 7. The number of aromatic nitrogens is 1. The van der Waals surface area contributed by atoms with E-state index >= 15 is 0 Å². The number of carbonyl (C=O) groups excluding carboxylic acids is 1. The molecule has 0 N–H and O–H groups in total. The number of ether oxygens (including phenoxy) is 2. The van der Waals surface area contributed by atoms with Gasteiger partial charge in [0, 0.05) is 38.7 Å². The van der Waals surface area contributed by atoms with Crippen molar-refractivity contribution in [3.63, 3.8) is 0 Å². The van der Waals surface area contributed by atoms with Crippen LogP contribution in [0.2, 0.25) is 0 Å². The lowest BCUT2D eigenvalue weighted by molar-refractivity contribution is -0.284.